The van der Waals surface area contributed by atoms with Gasteiger partial charge in [-0.3, -0.25) is 4.79 Å². The largest absolute Gasteiger partial charge is 0.352 e. The van der Waals surface area contributed by atoms with Crippen LogP contribution in [-0.2, 0) is 0 Å². The lowest BCUT2D eigenvalue weighted by Crippen LogP contribution is -2.36. The van der Waals surface area contributed by atoms with Gasteiger partial charge in [0.15, 0.2) is 0 Å². The van der Waals surface area contributed by atoms with Crippen molar-refractivity contribution in [3.63, 3.8) is 0 Å². The average Bonchev–Trinajstić information content (AvgIpc) is 2.41. The van der Waals surface area contributed by atoms with Crippen molar-refractivity contribution >= 4 is 33.4 Å². The van der Waals surface area contributed by atoms with E-state index in [4.69, 9.17) is 11.6 Å². The van der Waals surface area contributed by atoms with Gasteiger partial charge in [0.25, 0.3) is 5.91 Å². The van der Waals surface area contributed by atoms with Crippen molar-refractivity contribution in [1.29, 1.82) is 0 Å². The van der Waals surface area contributed by atoms with Crippen LogP contribution >= 0.6 is 27.5 Å². The maximum atomic E-state index is 12.0. The molecular formula is C14H18BrClN2O. The molecule has 1 fully saturated rings. The topological polar surface area (TPSA) is 32.3 Å². The molecule has 1 aromatic rings. The van der Waals surface area contributed by atoms with Crippen LogP contribution in [0.4, 0.5) is 0 Å². The number of halogens is 2. The van der Waals surface area contributed by atoms with Crippen molar-refractivity contribution in [1.82, 2.24) is 10.2 Å². The molecule has 2 rings (SSSR count). The highest BCUT2D eigenvalue weighted by Crippen LogP contribution is 2.23. The van der Waals surface area contributed by atoms with Gasteiger partial charge in [-0.15, -0.1) is 0 Å². The number of rotatable bonds is 3. The summed E-state index contributed by atoms with van der Waals surface area (Å²) < 4.78 is 0.751. The molecule has 0 atom stereocenters. The van der Waals surface area contributed by atoms with Crippen molar-refractivity contribution in [3.8, 4) is 0 Å². The number of nitrogens with one attached hydrogen (secondary N) is 1. The van der Waals surface area contributed by atoms with E-state index < -0.39 is 0 Å². The molecule has 19 heavy (non-hydrogen) atoms. The Bertz CT molecular complexity index is 459. The number of carbonyl (C=O) groups is 1. The Morgan fingerprint density at radius 2 is 2.16 bits per heavy atom. The highest BCUT2D eigenvalue weighted by Gasteiger charge is 2.17. The van der Waals surface area contributed by atoms with E-state index in [1.54, 1.807) is 18.2 Å². The second-order valence-corrected chi connectivity index (χ2v) is 6.35. The summed E-state index contributed by atoms with van der Waals surface area (Å²) in [6.07, 6.45) is 2.31. The first-order valence-corrected chi connectivity index (χ1v) is 7.65. The van der Waals surface area contributed by atoms with E-state index in [1.807, 2.05) is 0 Å². The van der Waals surface area contributed by atoms with Gasteiger partial charge in [0, 0.05) is 16.6 Å². The van der Waals surface area contributed by atoms with Crippen molar-refractivity contribution in [3.05, 3.63) is 33.3 Å². The molecule has 1 aliphatic heterocycles. The fourth-order valence-corrected chi connectivity index (χ4v) is 2.74. The van der Waals surface area contributed by atoms with E-state index in [-0.39, 0.29) is 5.91 Å². The molecule has 1 aromatic carbocycles. The molecule has 0 bridgehead atoms. The van der Waals surface area contributed by atoms with Crippen LogP contribution in [0, 0.1) is 5.92 Å². The Morgan fingerprint density at radius 3 is 2.79 bits per heavy atom. The highest BCUT2D eigenvalue weighted by molar-refractivity contribution is 9.10. The van der Waals surface area contributed by atoms with Crippen LogP contribution in [0.3, 0.4) is 0 Å². The van der Waals surface area contributed by atoms with E-state index >= 15 is 0 Å². The van der Waals surface area contributed by atoms with Gasteiger partial charge < -0.3 is 10.2 Å². The summed E-state index contributed by atoms with van der Waals surface area (Å²) in [7, 11) is 2.14. The second kappa shape index (κ2) is 6.73. The number of piperidine rings is 1. The number of amides is 1. The van der Waals surface area contributed by atoms with Crippen molar-refractivity contribution in [2.45, 2.75) is 12.8 Å². The standard InChI is InChI=1S/C14H18BrClN2O/c1-18-6-4-10(5-7-18)9-17-14(19)11-2-3-13(16)12(15)8-11/h2-3,8,10H,4-7,9H2,1H3,(H,17,19). The third kappa shape index (κ3) is 4.20. The lowest BCUT2D eigenvalue weighted by molar-refractivity contribution is 0.0939. The number of benzene rings is 1. The first-order chi connectivity index (χ1) is 9.06. The zero-order valence-corrected chi connectivity index (χ0v) is 13.3. The Labute approximate surface area is 127 Å². The van der Waals surface area contributed by atoms with Gasteiger partial charge in [0.05, 0.1) is 5.02 Å². The zero-order chi connectivity index (χ0) is 13.8. The summed E-state index contributed by atoms with van der Waals surface area (Å²) in [6, 6.07) is 5.24. The maximum absolute atomic E-state index is 12.0. The SMILES string of the molecule is CN1CCC(CNC(=O)c2ccc(Cl)c(Br)c2)CC1. The molecule has 1 heterocycles. The van der Waals surface area contributed by atoms with Crippen molar-refractivity contribution < 1.29 is 4.79 Å². The van der Waals surface area contributed by atoms with Gasteiger partial charge in [0.2, 0.25) is 0 Å². The molecule has 0 unspecified atom stereocenters. The summed E-state index contributed by atoms with van der Waals surface area (Å²) in [6.45, 7) is 2.99. The molecule has 0 radical (unpaired) electrons. The predicted octanol–water partition coefficient (Wildman–Crippen LogP) is 3.17. The molecule has 3 nitrogen and oxygen atoms in total. The molecule has 0 aromatic heterocycles. The number of hydrogen-bond donors (Lipinski definition) is 1. The molecular weight excluding hydrogens is 328 g/mol. The highest BCUT2D eigenvalue weighted by atomic mass is 79.9. The third-order valence-corrected chi connectivity index (χ3v) is 4.79. The van der Waals surface area contributed by atoms with Gasteiger partial charge in [0.1, 0.15) is 0 Å². The van der Waals surface area contributed by atoms with Crippen LogP contribution in [0.5, 0.6) is 0 Å². The minimum atomic E-state index is -0.0312. The van der Waals surface area contributed by atoms with Crippen molar-refractivity contribution in [2.75, 3.05) is 26.7 Å². The van der Waals surface area contributed by atoms with Gasteiger partial charge in [-0.2, -0.15) is 0 Å². The first kappa shape index (κ1) is 14.8. The van der Waals surface area contributed by atoms with Crippen LogP contribution in [0.2, 0.25) is 5.02 Å². The second-order valence-electron chi connectivity index (χ2n) is 5.09. The van der Waals surface area contributed by atoms with E-state index in [0.717, 1.165) is 36.9 Å². The molecule has 0 aliphatic carbocycles. The Kier molecular flexibility index (Phi) is 5.25. The fourth-order valence-electron chi connectivity index (χ4n) is 2.24. The van der Waals surface area contributed by atoms with E-state index in [0.29, 0.717) is 16.5 Å². The van der Waals surface area contributed by atoms with Crippen LogP contribution in [0.15, 0.2) is 22.7 Å². The molecule has 0 spiro atoms. The number of nitrogens with zero attached hydrogens (tertiary/aromatic N) is 1. The van der Waals surface area contributed by atoms with E-state index in [2.05, 4.69) is 33.2 Å². The molecule has 104 valence electrons. The minimum Gasteiger partial charge on any atom is -0.352 e. The summed E-state index contributed by atoms with van der Waals surface area (Å²) >= 11 is 9.25. The molecule has 1 amide bonds. The summed E-state index contributed by atoms with van der Waals surface area (Å²) in [5.41, 5.74) is 0.643. The lowest BCUT2D eigenvalue weighted by atomic mass is 9.97. The smallest absolute Gasteiger partial charge is 0.251 e. The van der Waals surface area contributed by atoms with Crippen LogP contribution < -0.4 is 5.32 Å². The number of hydrogen-bond acceptors (Lipinski definition) is 2. The quantitative estimate of drug-likeness (QED) is 0.912. The third-order valence-electron chi connectivity index (χ3n) is 3.57. The molecule has 5 heteroatoms. The van der Waals surface area contributed by atoms with Crippen LogP contribution in [-0.4, -0.2) is 37.5 Å². The summed E-state index contributed by atoms with van der Waals surface area (Å²) in [5.74, 6) is 0.562. The van der Waals surface area contributed by atoms with Crippen LogP contribution in [0.25, 0.3) is 0 Å². The van der Waals surface area contributed by atoms with E-state index in [1.165, 1.54) is 0 Å². The zero-order valence-electron chi connectivity index (χ0n) is 11.0. The van der Waals surface area contributed by atoms with E-state index in [9.17, 15) is 4.79 Å². The molecule has 0 saturated carbocycles. The Morgan fingerprint density at radius 1 is 1.47 bits per heavy atom. The minimum absolute atomic E-state index is 0.0312. The number of likely N-dealkylation sites (tertiary alicyclic amines) is 1. The number of carbonyl (C=O) groups excluding carboxylic acids is 1. The van der Waals surface area contributed by atoms with Gasteiger partial charge in [-0.25, -0.2) is 0 Å². The normalized spacial score (nSPS) is 17.4. The Balaban J connectivity index is 1.85. The van der Waals surface area contributed by atoms with Crippen LogP contribution in [0.1, 0.15) is 23.2 Å². The van der Waals surface area contributed by atoms with Crippen molar-refractivity contribution in [2.24, 2.45) is 5.92 Å². The van der Waals surface area contributed by atoms with Gasteiger partial charge in [-0.1, -0.05) is 11.6 Å². The molecule has 1 saturated heterocycles. The van der Waals surface area contributed by atoms with Gasteiger partial charge >= 0.3 is 0 Å². The average molecular weight is 346 g/mol. The van der Waals surface area contributed by atoms with Gasteiger partial charge in [-0.05, 0) is 73.0 Å². The molecule has 1 N–H and O–H groups in total. The fraction of sp³-hybridized carbons (Fsp3) is 0.500. The maximum Gasteiger partial charge on any atom is 0.251 e. The first-order valence-electron chi connectivity index (χ1n) is 6.48. The Hall–Kier alpha value is -0.580. The summed E-state index contributed by atoms with van der Waals surface area (Å²) in [4.78, 5) is 14.4. The molecule has 1 aliphatic rings. The summed E-state index contributed by atoms with van der Waals surface area (Å²) in [5, 5.41) is 3.63. The lowest BCUT2D eigenvalue weighted by Gasteiger charge is -2.28. The predicted molar refractivity (Wildman–Crippen MR) is 81.7 cm³/mol. The monoisotopic (exact) mass is 344 g/mol.